The Hall–Kier alpha value is -1.66. The number of nitrogens with zero attached hydrogens (tertiary/aromatic N) is 1. The van der Waals surface area contributed by atoms with Crippen molar-refractivity contribution in [2.24, 2.45) is 0 Å². The Morgan fingerprint density at radius 2 is 2.17 bits per heavy atom. The van der Waals surface area contributed by atoms with E-state index in [-0.39, 0.29) is 11.4 Å². The number of carboxylic acids is 1. The van der Waals surface area contributed by atoms with Crippen LogP contribution < -0.4 is 4.74 Å². The zero-order valence-corrected chi connectivity index (χ0v) is 10.3. The van der Waals surface area contributed by atoms with Crippen molar-refractivity contribution in [3.05, 3.63) is 24.0 Å². The Kier molecular flexibility index (Phi) is 6.75. The number of aromatic carboxylic acids is 1. The first-order valence-electron chi connectivity index (χ1n) is 5.63. The second-order valence-corrected chi connectivity index (χ2v) is 3.46. The van der Waals surface area contributed by atoms with Crippen LogP contribution in [-0.4, -0.2) is 49.6 Å². The molecule has 0 aliphatic rings. The van der Waals surface area contributed by atoms with Crippen LogP contribution in [0.3, 0.4) is 0 Å². The zero-order valence-electron chi connectivity index (χ0n) is 10.3. The fourth-order valence-corrected chi connectivity index (χ4v) is 1.26. The van der Waals surface area contributed by atoms with Gasteiger partial charge in [0.15, 0.2) is 11.4 Å². The van der Waals surface area contributed by atoms with Crippen molar-refractivity contribution in [3.8, 4) is 5.75 Å². The van der Waals surface area contributed by atoms with E-state index >= 15 is 0 Å². The summed E-state index contributed by atoms with van der Waals surface area (Å²) in [4.78, 5) is 14.6. The van der Waals surface area contributed by atoms with Gasteiger partial charge in [-0.25, -0.2) is 9.78 Å². The van der Waals surface area contributed by atoms with E-state index < -0.39 is 5.97 Å². The average molecular weight is 255 g/mol. The molecule has 0 aromatic carbocycles. The monoisotopic (exact) mass is 255 g/mol. The fourth-order valence-electron chi connectivity index (χ4n) is 1.26. The van der Waals surface area contributed by atoms with Crippen molar-refractivity contribution in [2.45, 2.75) is 6.42 Å². The molecule has 0 saturated heterocycles. The summed E-state index contributed by atoms with van der Waals surface area (Å²) in [6.45, 7) is 2.04. The van der Waals surface area contributed by atoms with Crippen LogP contribution in [-0.2, 0) is 9.47 Å². The summed E-state index contributed by atoms with van der Waals surface area (Å²) in [6.07, 6.45) is 2.10. The number of hydrogen-bond acceptors (Lipinski definition) is 5. The molecule has 0 spiro atoms. The minimum absolute atomic E-state index is 0.0715. The lowest BCUT2D eigenvalue weighted by Gasteiger charge is -2.08. The molecule has 1 heterocycles. The third kappa shape index (κ3) is 5.11. The Morgan fingerprint density at radius 3 is 2.89 bits per heavy atom. The molecule has 1 aromatic heterocycles. The molecule has 0 aliphatic carbocycles. The highest BCUT2D eigenvalue weighted by Crippen LogP contribution is 2.15. The van der Waals surface area contributed by atoms with E-state index in [1.807, 2.05) is 0 Å². The van der Waals surface area contributed by atoms with Gasteiger partial charge in [-0.2, -0.15) is 0 Å². The molecule has 1 rings (SSSR count). The van der Waals surface area contributed by atoms with E-state index in [0.717, 1.165) is 0 Å². The van der Waals surface area contributed by atoms with Gasteiger partial charge >= 0.3 is 5.97 Å². The molecule has 100 valence electrons. The molecule has 0 radical (unpaired) electrons. The number of methoxy groups -OCH3 is 1. The Bertz CT molecular complexity index is 369. The summed E-state index contributed by atoms with van der Waals surface area (Å²) in [6, 6.07) is 3.22. The van der Waals surface area contributed by atoms with E-state index in [4.69, 9.17) is 19.3 Å². The molecular formula is C12H17NO5. The van der Waals surface area contributed by atoms with Crippen LogP contribution in [0.5, 0.6) is 5.75 Å². The van der Waals surface area contributed by atoms with Gasteiger partial charge in [-0.3, -0.25) is 0 Å². The third-order valence-corrected chi connectivity index (χ3v) is 2.10. The molecule has 6 nitrogen and oxygen atoms in total. The molecular weight excluding hydrogens is 238 g/mol. The summed E-state index contributed by atoms with van der Waals surface area (Å²) >= 11 is 0. The van der Waals surface area contributed by atoms with Gasteiger partial charge in [0.05, 0.1) is 19.8 Å². The largest absolute Gasteiger partial charge is 0.491 e. The quantitative estimate of drug-likeness (QED) is 0.668. The Balaban J connectivity index is 2.25. The minimum atomic E-state index is -1.10. The second kappa shape index (κ2) is 8.43. The number of rotatable bonds is 9. The van der Waals surface area contributed by atoms with E-state index in [1.165, 1.54) is 6.20 Å². The molecule has 1 aromatic rings. The zero-order chi connectivity index (χ0) is 13.2. The molecule has 0 saturated carbocycles. The maximum Gasteiger partial charge on any atom is 0.358 e. The van der Waals surface area contributed by atoms with Gasteiger partial charge < -0.3 is 19.3 Å². The molecule has 1 N–H and O–H groups in total. The van der Waals surface area contributed by atoms with E-state index in [0.29, 0.717) is 32.8 Å². The van der Waals surface area contributed by atoms with Gasteiger partial charge in [-0.1, -0.05) is 0 Å². The first-order chi connectivity index (χ1) is 8.75. The highest BCUT2D eigenvalue weighted by Gasteiger charge is 2.11. The number of hydrogen-bond donors (Lipinski definition) is 1. The summed E-state index contributed by atoms with van der Waals surface area (Å²) < 4.78 is 15.4. The van der Waals surface area contributed by atoms with Gasteiger partial charge in [0.25, 0.3) is 0 Å². The molecule has 0 aliphatic heterocycles. The molecule has 0 amide bonds. The Morgan fingerprint density at radius 1 is 1.33 bits per heavy atom. The van der Waals surface area contributed by atoms with Crippen LogP contribution in [0, 0.1) is 0 Å². The van der Waals surface area contributed by atoms with Gasteiger partial charge in [0.2, 0.25) is 0 Å². The lowest BCUT2D eigenvalue weighted by atomic mass is 10.3. The lowest BCUT2D eigenvalue weighted by molar-refractivity contribution is 0.0635. The number of pyridine rings is 1. The summed E-state index contributed by atoms with van der Waals surface area (Å²) in [5.41, 5.74) is -0.0715. The molecule has 0 bridgehead atoms. The first-order valence-corrected chi connectivity index (χ1v) is 5.63. The summed E-state index contributed by atoms with van der Waals surface area (Å²) in [5, 5.41) is 8.88. The highest BCUT2D eigenvalue weighted by atomic mass is 16.5. The van der Waals surface area contributed by atoms with Gasteiger partial charge in [0, 0.05) is 26.3 Å². The van der Waals surface area contributed by atoms with Gasteiger partial charge in [0.1, 0.15) is 0 Å². The van der Waals surface area contributed by atoms with Crippen molar-refractivity contribution in [3.63, 3.8) is 0 Å². The second-order valence-electron chi connectivity index (χ2n) is 3.46. The van der Waals surface area contributed by atoms with Crippen LogP contribution in [0.2, 0.25) is 0 Å². The smallest absolute Gasteiger partial charge is 0.358 e. The van der Waals surface area contributed by atoms with E-state index in [9.17, 15) is 4.79 Å². The van der Waals surface area contributed by atoms with Crippen molar-refractivity contribution in [1.29, 1.82) is 0 Å². The lowest BCUT2D eigenvalue weighted by Crippen LogP contribution is -2.09. The number of carboxylic acid groups (broad SMARTS) is 1. The predicted molar refractivity (Wildman–Crippen MR) is 64.0 cm³/mol. The van der Waals surface area contributed by atoms with Crippen LogP contribution >= 0.6 is 0 Å². The van der Waals surface area contributed by atoms with Gasteiger partial charge in [-0.05, 0) is 12.1 Å². The Labute approximate surface area is 106 Å². The predicted octanol–water partition coefficient (Wildman–Crippen LogP) is 1.21. The van der Waals surface area contributed by atoms with Crippen LogP contribution in [0.4, 0.5) is 0 Å². The standard InChI is InChI=1S/C12H17NO5/c1-16-8-9-17-6-3-7-18-10-4-2-5-13-11(10)12(14)15/h2,4-5H,3,6-9H2,1H3,(H,14,15). The summed E-state index contributed by atoms with van der Waals surface area (Å²) in [7, 11) is 1.61. The van der Waals surface area contributed by atoms with Gasteiger partial charge in [-0.15, -0.1) is 0 Å². The highest BCUT2D eigenvalue weighted by molar-refractivity contribution is 5.88. The number of carbonyl (C=O) groups is 1. The molecule has 18 heavy (non-hydrogen) atoms. The van der Waals surface area contributed by atoms with Crippen molar-refractivity contribution in [1.82, 2.24) is 4.98 Å². The van der Waals surface area contributed by atoms with Crippen molar-refractivity contribution >= 4 is 5.97 Å². The fraction of sp³-hybridized carbons (Fsp3) is 0.500. The summed E-state index contributed by atoms with van der Waals surface area (Å²) in [5.74, 6) is -0.816. The molecule has 0 unspecified atom stereocenters. The SMILES string of the molecule is COCCOCCCOc1cccnc1C(=O)O. The average Bonchev–Trinajstić information content (AvgIpc) is 2.38. The molecule has 0 fully saturated rings. The van der Waals surface area contributed by atoms with Crippen molar-refractivity contribution in [2.75, 3.05) is 33.5 Å². The number of ether oxygens (including phenoxy) is 3. The van der Waals surface area contributed by atoms with E-state index in [1.54, 1.807) is 19.2 Å². The molecule has 6 heteroatoms. The molecule has 0 atom stereocenters. The first kappa shape index (κ1) is 14.4. The normalized spacial score (nSPS) is 10.3. The number of aromatic nitrogens is 1. The maximum absolute atomic E-state index is 10.8. The van der Waals surface area contributed by atoms with Crippen LogP contribution in [0.1, 0.15) is 16.9 Å². The van der Waals surface area contributed by atoms with E-state index in [2.05, 4.69) is 4.98 Å². The van der Waals surface area contributed by atoms with Crippen molar-refractivity contribution < 1.29 is 24.1 Å². The minimum Gasteiger partial charge on any atom is -0.491 e. The van der Waals surface area contributed by atoms with Crippen LogP contribution in [0.15, 0.2) is 18.3 Å². The van der Waals surface area contributed by atoms with Crippen LogP contribution in [0.25, 0.3) is 0 Å². The maximum atomic E-state index is 10.8. The topological polar surface area (TPSA) is 77.9 Å². The third-order valence-electron chi connectivity index (χ3n) is 2.10.